The van der Waals surface area contributed by atoms with E-state index in [0.29, 0.717) is 43.7 Å². The van der Waals surface area contributed by atoms with Crippen LogP contribution in [-0.4, -0.2) is 54.3 Å². The third kappa shape index (κ3) is 14.7. The molecular formula is C42H39Br2F7N8O6S3. The Morgan fingerprint density at radius 3 is 1.60 bits per heavy atom. The summed E-state index contributed by atoms with van der Waals surface area (Å²) in [6.45, 7) is 9.85. The second kappa shape index (κ2) is 26.5. The number of carboxylic acids is 1. The minimum absolute atomic E-state index is 0. The van der Waals surface area contributed by atoms with E-state index in [-0.39, 0.29) is 47.9 Å². The lowest BCUT2D eigenvalue weighted by molar-refractivity contribution is -0.134. The highest BCUT2D eigenvalue weighted by Crippen LogP contribution is 2.29. The predicted molar refractivity (Wildman–Crippen MR) is 259 cm³/mol. The van der Waals surface area contributed by atoms with Crippen molar-refractivity contribution in [3.63, 3.8) is 0 Å². The van der Waals surface area contributed by atoms with E-state index in [9.17, 15) is 26.8 Å². The molecule has 8 rings (SSSR count). The maximum absolute atomic E-state index is 13.7. The van der Waals surface area contributed by atoms with Crippen LogP contribution in [0.5, 0.6) is 0 Å². The standard InChI is InChI=1S/C19H14BrFN4OS.C14H12BrN3O3S2.C7H8FN.C2H4O2.2F2.FH/c1-10-6-7-12(8-14(10)21)23-19-24-17-16(27-19)18(26)25(9-22-17)15-11(2)4-3-5-13(15)20;1-3-23(20,21)14-17-12-11(22-14)13(19)18(7-16-12)10-8(2)5-4-6-9(10)15;1-5-2-3-6(9)4-7(5)8;1-2(3)4;2*1-2;/h3-9H,1-2H3,(H,23,24);4-7H,3H2,1-2H3;2-4H,9H2,1H3;1H3,(H,3,4);;;1H. The number of nitrogens with one attached hydrogen (secondary N) is 1. The summed E-state index contributed by atoms with van der Waals surface area (Å²) in [5.74, 6) is -1.44. The molecule has 0 fully saturated rings. The minimum Gasteiger partial charge on any atom is -0.481 e. The Morgan fingerprint density at radius 2 is 1.18 bits per heavy atom. The van der Waals surface area contributed by atoms with E-state index in [4.69, 9.17) is 33.9 Å². The molecule has 4 N–H and O–H groups in total. The highest BCUT2D eigenvalue weighted by Gasteiger charge is 2.21. The van der Waals surface area contributed by atoms with Crippen molar-refractivity contribution in [2.45, 2.75) is 45.9 Å². The topological polar surface area (TPSA) is 205 Å². The number of carbonyl (C=O) groups is 1. The molecule has 0 aliphatic carbocycles. The maximum Gasteiger partial charge on any atom is 0.300 e. The highest BCUT2D eigenvalue weighted by molar-refractivity contribution is 9.11. The number of anilines is 3. The molecular weight excluding hydrogens is 1100 g/mol. The van der Waals surface area contributed by atoms with Crippen LogP contribution < -0.4 is 22.2 Å². The number of aryl methyl sites for hydroxylation is 4. The average molecular weight is 1140 g/mol. The molecule has 4 aromatic heterocycles. The van der Waals surface area contributed by atoms with Gasteiger partial charge in [-0.2, -0.15) is 4.98 Å². The van der Waals surface area contributed by atoms with Crippen molar-refractivity contribution in [2.75, 3.05) is 16.8 Å². The lowest BCUT2D eigenvalue weighted by Crippen LogP contribution is -2.19. The quantitative estimate of drug-likeness (QED) is 0.105. The molecule has 364 valence electrons. The van der Waals surface area contributed by atoms with Crippen LogP contribution in [-0.2, 0) is 14.6 Å². The van der Waals surface area contributed by atoms with Gasteiger partial charge in [0.1, 0.15) is 33.7 Å². The predicted octanol–water partition coefficient (Wildman–Crippen LogP) is 11.5. The fraction of sp³-hybridized carbons (Fsp3) is 0.167. The van der Waals surface area contributed by atoms with Gasteiger partial charge < -0.3 is 16.2 Å². The molecule has 0 aliphatic heterocycles. The number of thiazole rings is 2. The molecule has 68 heavy (non-hydrogen) atoms. The van der Waals surface area contributed by atoms with Crippen molar-refractivity contribution >= 4 is 108 Å². The SMILES string of the molecule is CC(=O)O.CCS(=O)(=O)c1nc2ncn(-c3c(C)cccc3Br)c(=O)c2s1.Cc1ccc(N)cc1F.Cc1ccc(Nc2nc3ncn(-c4c(C)cccc4Br)c(=O)c3s2)cc1F.F.FF.FF. The Kier molecular flexibility index (Phi) is 22.6. The monoisotopic (exact) mass is 1140 g/mol. The van der Waals surface area contributed by atoms with Crippen molar-refractivity contribution in [1.29, 1.82) is 0 Å². The number of nitrogen functional groups attached to an aromatic ring is 1. The van der Waals surface area contributed by atoms with E-state index >= 15 is 0 Å². The molecule has 26 heteroatoms. The number of aliphatic carboxylic acids is 1. The molecule has 0 radical (unpaired) electrons. The fourth-order valence-corrected chi connectivity index (χ4v) is 9.94. The van der Waals surface area contributed by atoms with Gasteiger partial charge in [0.15, 0.2) is 16.4 Å². The normalized spacial score (nSPS) is 10.3. The second-order valence-corrected chi connectivity index (χ2v) is 19.6. The van der Waals surface area contributed by atoms with Gasteiger partial charge in [-0.1, -0.05) is 66.0 Å². The number of benzene rings is 4. The molecule has 8 aromatic rings. The molecule has 4 heterocycles. The molecule has 0 saturated heterocycles. The lowest BCUT2D eigenvalue weighted by Gasteiger charge is -2.10. The second-order valence-electron chi connectivity index (χ2n) is 13.5. The van der Waals surface area contributed by atoms with Crippen LogP contribution in [0.3, 0.4) is 0 Å². The first-order valence-corrected chi connectivity index (χ1v) is 23.6. The first kappa shape index (κ1) is 58.0. The molecule has 0 spiro atoms. The van der Waals surface area contributed by atoms with E-state index < -0.39 is 15.8 Å². The van der Waals surface area contributed by atoms with Gasteiger partial charge in [-0.25, -0.2) is 32.2 Å². The molecule has 14 nitrogen and oxygen atoms in total. The zero-order valence-corrected chi connectivity index (χ0v) is 41.8. The minimum atomic E-state index is -3.46. The Balaban J connectivity index is 0.000000349. The summed E-state index contributed by atoms with van der Waals surface area (Å²) < 4.78 is 87.2. The summed E-state index contributed by atoms with van der Waals surface area (Å²) >= 11 is 8.99. The summed E-state index contributed by atoms with van der Waals surface area (Å²) in [7, 11) is -3.46. The number of carboxylic acid groups (broad SMARTS) is 1. The number of hydrogen-bond acceptors (Lipinski definition) is 13. The van der Waals surface area contributed by atoms with Gasteiger partial charge >= 0.3 is 0 Å². The molecule has 4 aromatic carbocycles. The Hall–Kier alpha value is -6.09. The van der Waals surface area contributed by atoms with Gasteiger partial charge in [0.25, 0.3) is 17.1 Å². The van der Waals surface area contributed by atoms with Crippen molar-refractivity contribution in [3.05, 3.63) is 149 Å². The first-order valence-electron chi connectivity index (χ1n) is 18.7. The Labute approximate surface area is 407 Å². The number of aromatic nitrogens is 6. The van der Waals surface area contributed by atoms with E-state index in [1.165, 1.54) is 52.2 Å². The van der Waals surface area contributed by atoms with E-state index in [2.05, 4.69) is 57.1 Å². The van der Waals surface area contributed by atoms with E-state index in [0.717, 1.165) is 44.0 Å². The maximum atomic E-state index is 13.7. The van der Waals surface area contributed by atoms with Crippen LogP contribution in [0.25, 0.3) is 32.1 Å². The molecule has 0 saturated carbocycles. The van der Waals surface area contributed by atoms with Crippen LogP contribution >= 0.6 is 54.5 Å². The summed E-state index contributed by atoms with van der Waals surface area (Å²) in [5.41, 5.74) is 10.8. The summed E-state index contributed by atoms with van der Waals surface area (Å²) in [6, 6.07) is 20.8. The zero-order valence-electron chi connectivity index (χ0n) is 36.2. The number of fused-ring (bicyclic) bond motifs is 2. The number of nitrogens with zero attached hydrogens (tertiary/aromatic N) is 6. The van der Waals surface area contributed by atoms with E-state index in [1.807, 2.05) is 50.2 Å². The van der Waals surface area contributed by atoms with Crippen molar-refractivity contribution < 1.29 is 50.1 Å². The average Bonchev–Trinajstić information content (AvgIpc) is 3.93. The summed E-state index contributed by atoms with van der Waals surface area (Å²) in [6.07, 6.45) is 2.85. The van der Waals surface area contributed by atoms with Crippen LogP contribution in [0.4, 0.5) is 48.3 Å². The Morgan fingerprint density at radius 1 is 0.735 bits per heavy atom. The molecule has 0 unspecified atom stereocenters. The van der Waals surface area contributed by atoms with Crippen LogP contribution in [0.1, 0.15) is 36.1 Å². The van der Waals surface area contributed by atoms with Crippen LogP contribution in [0.2, 0.25) is 0 Å². The molecule has 0 amide bonds. The molecule has 0 bridgehead atoms. The molecule has 0 aliphatic rings. The fourth-order valence-electron chi connectivity index (χ4n) is 5.50. The Bertz CT molecular complexity index is 3210. The number of halogens is 9. The third-order valence-electron chi connectivity index (χ3n) is 8.74. The lowest BCUT2D eigenvalue weighted by atomic mass is 10.2. The number of para-hydroxylation sites is 2. The van der Waals surface area contributed by atoms with Crippen LogP contribution in [0.15, 0.2) is 108 Å². The highest BCUT2D eigenvalue weighted by atomic mass is 79.9. The van der Waals surface area contributed by atoms with Crippen LogP contribution in [0, 0.1) is 39.3 Å². The summed E-state index contributed by atoms with van der Waals surface area (Å²) in [5, 5.41) is 10.9. The number of hydrogen-bond donors (Lipinski definition) is 3. The van der Waals surface area contributed by atoms with Gasteiger partial charge in [0.05, 0.1) is 17.1 Å². The van der Waals surface area contributed by atoms with Gasteiger partial charge in [-0.05, 0) is 118 Å². The first-order chi connectivity index (χ1) is 31.7. The van der Waals surface area contributed by atoms with Gasteiger partial charge in [-0.15, -0.1) is 0 Å². The largest absolute Gasteiger partial charge is 0.481 e. The number of rotatable bonds is 6. The van der Waals surface area contributed by atoms with Crippen molar-refractivity contribution in [1.82, 2.24) is 29.1 Å². The van der Waals surface area contributed by atoms with E-state index in [1.54, 1.807) is 38.1 Å². The van der Waals surface area contributed by atoms with Gasteiger partial charge in [-0.3, -0.25) is 28.2 Å². The van der Waals surface area contributed by atoms with Crippen molar-refractivity contribution in [2.24, 2.45) is 0 Å². The van der Waals surface area contributed by atoms with Gasteiger partial charge in [0.2, 0.25) is 14.2 Å². The van der Waals surface area contributed by atoms with Crippen molar-refractivity contribution in [3.8, 4) is 11.4 Å². The zero-order chi connectivity index (χ0) is 50.3. The number of sulfone groups is 1. The number of nitrogens with two attached hydrogens (primary N) is 1. The smallest absolute Gasteiger partial charge is 0.300 e. The summed E-state index contributed by atoms with van der Waals surface area (Å²) in [4.78, 5) is 51.5. The molecule has 0 atom stereocenters. The third-order valence-corrected chi connectivity index (χ3v) is 14.2. The van der Waals surface area contributed by atoms with Gasteiger partial charge in [0, 0.05) is 45.5 Å².